The molecular formula is C21H14N4O3. The second-order valence-electron chi connectivity index (χ2n) is 6.28. The third kappa shape index (κ3) is 3.27. The van der Waals surface area contributed by atoms with Crippen LogP contribution in [-0.4, -0.2) is 14.9 Å². The number of aryl methyl sites for hydroxylation is 1. The second kappa shape index (κ2) is 6.85. The number of aromatic nitrogens is 2. The van der Waals surface area contributed by atoms with E-state index in [-0.39, 0.29) is 5.69 Å². The fraction of sp³-hybridized carbons (Fsp3) is 0.0476. The maximum Gasteiger partial charge on any atom is 0.269 e. The fourth-order valence-corrected chi connectivity index (χ4v) is 2.88. The van der Waals surface area contributed by atoms with Crippen molar-refractivity contribution >= 4 is 28.4 Å². The molecule has 28 heavy (non-hydrogen) atoms. The van der Waals surface area contributed by atoms with Crippen molar-refractivity contribution in [3.63, 3.8) is 0 Å². The molecule has 0 aliphatic heterocycles. The largest absolute Gasteiger partial charge is 0.457 e. The molecule has 0 aliphatic rings. The number of allylic oxidation sites excluding steroid dienone is 1. The Morgan fingerprint density at radius 3 is 2.71 bits per heavy atom. The van der Waals surface area contributed by atoms with Crippen LogP contribution in [-0.2, 0) is 0 Å². The van der Waals surface area contributed by atoms with Gasteiger partial charge in [-0.2, -0.15) is 5.26 Å². The van der Waals surface area contributed by atoms with Crippen molar-refractivity contribution < 1.29 is 9.34 Å². The first-order valence-electron chi connectivity index (χ1n) is 8.47. The first-order valence-corrected chi connectivity index (χ1v) is 8.47. The molecule has 2 heterocycles. The molecule has 4 aromatic rings. The standard InChI is InChI=1S/C21H14N4O3/c1-13-2-8-18-19(10-13)24-21(23-18)15(12-22)11-17-7-9-20(28-17)14-3-5-16(6-4-14)25(26)27/h2-11H,1H3,(H,23,24)/b15-11+. The lowest BCUT2D eigenvalue weighted by Gasteiger charge is -1.97. The Bertz CT molecular complexity index is 1260. The molecule has 7 heteroatoms. The maximum absolute atomic E-state index is 10.8. The normalized spacial score (nSPS) is 11.5. The van der Waals surface area contributed by atoms with Gasteiger partial charge in [0.2, 0.25) is 0 Å². The van der Waals surface area contributed by atoms with E-state index in [1.807, 2.05) is 25.1 Å². The monoisotopic (exact) mass is 370 g/mol. The Morgan fingerprint density at radius 1 is 1.21 bits per heavy atom. The number of aromatic amines is 1. The van der Waals surface area contributed by atoms with Crippen LogP contribution in [0.15, 0.2) is 59.0 Å². The summed E-state index contributed by atoms with van der Waals surface area (Å²) in [6.45, 7) is 1.99. The lowest BCUT2D eigenvalue weighted by molar-refractivity contribution is -0.384. The van der Waals surface area contributed by atoms with Crippen LogP contribution in [0, 0.1) is 28.4 Å². The van der Waals surface area contributed by atoms with Gasteiger partial charge in [-0.05, 0) is 48.9 Å². The quantitative estimate of drug-likeness (QED) is 0.305. The molecule has 0 saturated carbocycles. The van der Waals surface area contributed by atoms with Crippen LogP contribution in [0.5, 0.6) is 0 Å². The van der Waals surface area contributed by atoms with Crippen LogP contribution in [0.4, 0.5) is 5.69 Å². The predicted molar refractivity (Wildman–Crippen MR) is 105 cm³/mol. The predicted octanol–water partition coefficient (Wildman–Crippen LogP) is 5.10. The lowest BCUT2D eigenvalue weighted by atomic mass is 10.1. The fourth-order valence-electron chi connectivity index (χ4n) is 2.88. The van der Waals surface area contributed by atoms with Crippen molar-refractivity contribution in [3.05, 3.63) is 81.9 Å². The zero-order chi connectivity index (χ0) is 19.7. The van der Waals surface area contributed by atoms with Gasteiger partial charge in [0.1, 0.15) is 23.4 Å². The van der Waals surface area contributed by atoms with E-state index < -0.39 is 4.92 Å². The minimum Gasteiger partial charge on any atom is -0.457 e. The Morgan fingerprint density at radius 2 is 2.00 bits per heavy atom. The van der Waals surface area contributed by atoms with Crippen LogP contribution >= 0.6 is 0 Å². The van der Waals surface area contributed by atoms with E-state index in [1.165, 1.54) is 12.1 Å². The number of nitrogens with zero attached hydrogens (tertiary/aromatic N) is 3. The Kier molecular flexibility index (Phi) is 4.22. The number of hydrogen-bond donors (Lipinski definition) is 1. The van der Waals surface area contributed by atoms with Gasteiger partial charge in [-0.1, -0.05) is 6.07 Å². The van der Waals surface area contributed by atoms with Gasteiger partial charge in [0, 0.05) is 23.8 Å². The van der Waals surface area contributed by atoms with Crippen LogP contribution in [0.3, 0.4) is 0 Å². The lowest BCUT2D eigenvalue weighted by Crippen LogP contribution is -1.86. The number of nitro benzene ring substituents is 1. The summed E-state index contributed by atoms with van der Waals surface area (Å²) in [6.07, 6.45) is 1.61. The SMILES string of the molecule is Cc1ccc2nc(/C(C#N)=C/c3ccc(-c4ccc([N+](=O)[O-])cc4)o3)[nH]c2c1. The van der Waals surface area contributed by atoms with Gasteiger partial charge in [0.25, 0.3) is 5.69 Å². The van der Waals surface area contributed by atoms with Crippen LogP contribution < -0.4 is 0 Å². The van der Waals surface area contributed by atoms with E-state index in [0.29, 0.717) is 28.5 Å². The average molecular weight is 370 g/mol. The first kappa shape index (κ1) is 17.2. The number of hydrogen-bond acceptors (Lipinski definition) is 5. The van der Waals surface area contributed by atoms with Crippen molar-refractivity contribution in [3.8, 4) is 17.4 Å². The number of furan rings is 1. The summed E-state index contributed by atoms with van der Waals surface area (Å²) < 4.78 is 5.78. The maximum atomic E-state index is 10.8. The van der Waals surface area contributed by atoms with Crippen molar-refractivity contribution in [2.75, 3.05) is 0 Å². The highest BCUT2D eigenvalue weighted by Crippen LogP contribution is 2.27. The summed E-state index contributed by atoms with van der Waals surface area (Å²) in [5.74, 6) is 1.51. The minimum absolute atomic E-state index is 0.0160. The number of fused-ring (bicyclic) bond motifs is 1. The molecule has 0 spiro atoms. The minimum atomic E-state index is -0.450. The molecule has 0 radical (unpaired) electrons. The summed E-state index contributed by atoms with van der Waals surface area (Å²) in [5.41, 5.74) is 3.82. The number of nitriles is 1. The number of imidazole rings is 1. The van der Waals surface area contributed by atoms with Gasteiger partial charge in [-0.25, -0.2) is 4.98 Å². The van der Waals surface area contributed by atoms with Gasteiger partial charge in [0.15, 0.2) is 0 Å². The van der Waals surface area contributed by atoms with E-state index in [4.69, 9.17) is 4.42 Å². The summed E-state index contributed by atoms with van der Waals surface area (Å²) in [4.78, 5) is 17.9. The summed E-state index contributed by atoms with van der Waals surface area (Å²) in [6, 6.07) is 17.6. The molecule has 0 bridgehead atoms. The molecule has 0 aliphatic carbocycles. The summed E-state index contributed by atoms with van der Waals surface area (Å²) in [5, 5.41) is 20.3. The molecule has 7 nitrogen and oxygen atoms in total. The molecule has 2 aromatic carbocycles. The van der Waals surface area contributed by atoms with E-state index >= 15 is 0 Å². The van der Waals surface area contributed by atoms with E-state index in [2.05, 4.69) is 16.0 Å². The highest BCUT2D eigenvalue weighted by atomic mass is 16.6. The summed E-state index contributed by atoms with van der Waals surface area (Å²) >= 11 is 0. The van der Waals surface area contributed by atoms with Gasteiger partial charge < -0.3 is 9.40 Å². The highest BCUT2D eigenvalue weighted by molar-refractivity contribution is 5.89. The topological polar surface area (TPSA) is 109 Å². The van der Waals surface area contributed by atoms with Crippen molar-refractivity contribution in [1.82, 2.24) is 9.97 Å². The summed E-state index contributed by atoms with van der Waals surface area (Å²) in [7, 11) is 0. The number of rotatable bonds is 4. The van der Waals surface area contributed by atoms with Gasteiger partial charge >= 0.3 is 0 Å². The molecule has 4 rings (SSSR count). The Hall–Kier alpha value is -4.18. The number of nitrogens with one attached hydrogen (secondary N) is 1. The van der Waals surface area contributed by atoms with Crippen LogP contribution in [0.25, 0.3) is 34.0 Å². The molecule has 1 N–H and O–H groups in total. The van der Waals surface area contributed by atoms with Gasteiger partial charge in [-0.15, -0.1) is 0 Å². The van der Waals surface area contributed by atoms with Crippen molar-refractivity contribution in [2.24, 2.45) is 0 Å². The van der Waals surface area contributed by atoms with Crippen LogP contribution in [0.1, 0.15) is 17.1 Å². The first-order chi connectivity index (χ1) is 13.5. The number of nitro groups is 1. The number of H-pyrrole nitrogens is 1. The molecule has 0 saturated heterocycles. The molecule has 0 atom stereocenters. The molecular weight excluding hydrogens is 356 g/mol. The number of non-ortho nitro benzene ring substituents is 1. The van der Waals surface area contributed by atoms with Crippen molar-refractivity contribution in [1.29, 1.82) is 5.26 Å². The smallest absolute Gasteiger partial charge is 0.269 e. The average Bonchev–Trinajstić information content (AvgIpc) is 3.32. The Balaban J connectivity index is 1.65. The number of benzene rings is 2. The zero-order valence-corrected chi connectivity index (χ0v) is 14.8. The highest BCUT2D eigenvalue weighted by Gasteiger charge is 2.11. The Labute approximate surface area is 159 Å². The van der Waals surface area contributed by atoms with Crippen LogP contribution in [0.2, 0.25) is 0 Å². The molecule has 2 aromatic heterocycles. The third-order valence-electron chi connectivity index (χ3n) is 4.29. The van der Waals surface area contributed by atoms with Gasteiger partial charge in [0.05, 0.1) is 21.5 Å². The van der Waals surface area contributed by atoms with Gasteiger partial charge in [-0.3, -0.25) is 10.1 Å². The van der Waals surface area contributed by atoms with Crippen molar-refractivity contribution in [2.45, 2.75) is 6.92 Å². The molecule has 136 valence electrons. The zero-order valence-electron chi connectivity index (χ0n) is 14.8. The second-order valence-corrected chi connectivity index (χ2v) is 6.28. The van der Waals surface area contributed by atoms with E-state index in [0.717, 1.165) is 16.6 Å². The van der Waals surface area contributed by atoms with E-state index in [1.54, 1.807) is 30.3 Å². The van der Waals surface area contributed by atoms with E-state index in [9.17, 15) is 15.4 Å². The molecule has 0 fully saturated rings. The molecule has 0 unspecified atom stereocenters. The third-order valence-corrected chi connectivity index (χ3v) is 4.29. The molecule has 0 amide bonds.